The summed E-state index contributed by atoms with van der Waals surface area (Å²) in [7, 11) is 0. The highest BCUT2D eigenvalue weighted by molar-refractivity contribution is 5.79. The predicted octanol–water partition coefficient (Wildman–Crippen LogP) is 1.62. The molecule has 0 unspecified atom stereocenters. The fourth-order valence-corrected chi connectivity index (χ4v) is 2.00. The van der Waals surface area contributed by atoms with Gasteiger partial charge in [0.05, 0.1) is 12.6 Å². The van der Waals surface area contributed by atoms with Gasteiger partial charge in [-0.1, -0.05) is 0 Å². The van der Waals surface area contributed by atoms with E-state index in [0.717, 1.165) is 19.4 Å². The minimum absolute atomic E-state index is 0.210. The van der Waals surface area contributed by atoms with Crippen LogP contribution in [0.4, 0.5) is 0 Å². The topological polar surface area (TPSA) is 47.3 Å². The number of carbonyl (C=O) groups excluding carboxylic acids is 1. The monoisotopic (exact) mass is 237 g/mol. The maximum absolute atomic E-state index is 12.1. The standard InChI is InChI=1S/C13H23N3O/c1-4-16(12-6-7-12)13(17)10-15(11(2)3)9-5-8-14/h11-12H,4-7,9-10H2,1-3H3. The second kappa shape index (κ2) is 6.61. The van der Waals surface area contributed by atoms with E-state index < -0.39 is 0 Å². The van der Waals surface area contributed by atoms with Gasteiger partial charge in [0.1, 0.15) is 0 Å². The van der Waals surface area contributed by atoms with Crippen molar-refractivity contribution in [3.63, 3.8) is 0 Å². The molecule has 1 fully saturated rings. The lowest BCUT2D eigenvalue weighted by atomic mass is 10.2. The van der Waals surface area contributed by atoms with Crippen molar-refractivity contribution in [3.8, 4) is 6.07 Å². The second-order valence-electron chi connectivity index (χ2n) is 4.88. The molecule has 0 aromatic heterocycles. The third-order valence-corrected chi connectivity index (χ3v) is 3.23. The van der Waals surface area contributed by atoms with Gasteiger partial charge in [0.25, 0.3) is 0 Å². The fraction of sp³-hybridized carbons (Fsp3) is 0.846. The summed E-state index contributed by atoms with van der Waals surface area (Å²) < 4.78 is 0. The van der Waals surface area contributed by atoms with Crippen molar-refractivity contribution in [2.24, 2.45) is 0 Å². The molecule has 1 saturated carbocycles. The number of hydrogen-bond acceptors (Lipinski definition) is 3. The lowest BCUT2D eigenvalue weighted by molar-refractivity contribution is -0.133. The summed E-state index contributed by atoms with van der Waals surface area (Å²) in [6.45, 7) is 8.10. The highest BCUT2D eigenvalue weighted by Crippen LogP contribution is 2.26. The van der Waals surface area contributed by atoms with Crippen molar-refractivity contribution in [1.29, 1.82) is 5.26 Å². The van der Waals surface area contributed by atoms with Crippen LogP contribution in [0.2, 0.25) is 0 Å². The smallest absolute Gasteiger partial charge is 0.236 e. The Kier molecular flexibility index (Phi) is 5.43. The van der Waals surface area contributed by atoms with Gasteiger partial charge in [-0.3, -0.25) is 9.69 Å². The Morgan fingerprint density at radius 2 is 2.12 bits per heavy atom. The normalized spacial score (nSPS) is 15.1. The van der Waals surface area contributed by atoms with E-state index in [0.29, 0.717) is 31.6 Å². The van der Waals surface area contributed by atoms with Gasteiger partial charge in [0, 0.05) is 31.6 Å². The molecule has 0 radical (unpaired) electrons. The van der Waals surface area contributed by atoms with E-state index in [1.807, 2.05) is 11.8 Å². The molecule has 4 nitrogen and oxygen atoms in total. The molecule has 1 aliphatic rings. The first-order chi connectivity index (χ1) is 8.10. The van der Waals surface area contributed by atoms with Gasteiger partial charge in [0.15, 0.2) is 0 Å². The van der Waals surface area contributed by atoms with Gasteiger partial charge in [0.2, 0.25) is 5.91 Å². The molecule has 4 heteroatoms. The molecular formula is C13H23N3O. The molecule has 0 spiro atoms. The lowest BCUT2D eigenvalue weighted by Gasteiger charge is -2.28. The first-order valence-corrected chi connectivity index (χ1v) is 6.50. The average molecular weight is 237 g/mol. The first kappa shape index (κ1) is 14.0. The Labute approximate surface area is 104 Å². The van der Waals surface area contributed by atoms with Crippen molar-refractivity contribution in [2.45, 2.75) is 52.1 Å². The Morgan fingerprint density at radius 1 is 1.47 bits per heavy atom. The Balaban J connectivity index is 2.47. The molecule has 0 heterocycles. The van der Waals surface area contributed by atoms with E-state index >= 15 is 0 Å². The van der Waals surface area contributed by atoms with Crippen LogP contribution < -0.4 is 0 Å². The highest BCUT2D eigenvalue weighted by Gasteiger charge is 2.31. The summed E-state index contributed by atoms with van der Waals surface area (Å²) in [5, 5.41) is 8.61. The van der Waals surface area contributed by atoms with Crippen LogP contribution in [0.25, 0.3) is 0 Å². The average Bonchev–Trinajstić information content (AvgIpc) is 3.09. The largest absolute Gasteiger partial charge is 0.339 e. The Bertz CT molecular complexity index is 292. The molecule has 0 aromatic rings. The number of nitrogens with zero attached hydrogens (tertiary/aromatic N) is 3. The van der Waals surface area contributed by atoms with E-state index in [9.17, 15) is 4.79 Å². The first-order valence-electron chi connectivity index (χ1n) is 6.50. The van der Waals surface area contributed by atoms with Crippen LogP contribution in [0.3, 0.4) is 0 Å². The van der Waals surface area contributed by atoms with Gasteiger partial charge < -0.3 is 4.90 Å². The van der Waals surface area contributed by atoms with Crippen LogP contribution in [-0.2, 0) is 4.79 Å². The van der Waals surface area contributed by atoms with Crippen LogP contribution in [-0.4, -0.2) is 47.4 Å². The lowest BCUT2D eigenvalue weighted by Crippen LogP contribution is -2.44. The molecule has 1 rings (SSSR count). The summed E-state index contributed by atoms with van der Waals surface area (Å²) in [4.78, 5) is 16.2. The van der Waals surface area contributed by atoms with E-state index in [2.05, 4.69) is 24.8 Å². The molecule has 0 N–H and O–H groups in total. The number of likely N-dealkylation sites (N-methyl/N-ethyl adjacent to an activating group) is 1. The van der Waals surface area contributed by atoms with Crippen LogP contribution in [0.5, 0.6) is 0 Å². The van der Waals surface area contributed by atoms with Crippen molar-refractivity contribution >= 4 is 5.91 Å². The molecule has 1 aliphatic carbocycles. The SMILES string of the molecule is CCN(C(=O)CN(CCC#N)C(C)C)C1CC1. The third-order valence-electron chi connectivity index (χ3n) is 3.23. The number of carbonyl (C=O) groups is 1. The third kappa shape index (κ3) is 4.35. The fourth-order valence-electron chi connectivity index (χ4n) is 2.00. The molecule has 1 amide bonds. The highest BCUT2D eigenvalue weighted by atomic mass is 16.2. The summed E-state index contributed by atoms with van der Waals surface area (Å²) in [5.41, 5.74) is 0. The number of rotatable bonds is 7. The zero-order valence-electron chi connectivity index (χ0n) is 11.1. The molecule has 0 atom stereocenters. The van der Waals surface area contributed by atoms with Crippen LogP contribution >= 0.6 is 0 Å². The summed E-state index contributed by atoms with van der Waals surface area (Å²) >= 11 is 0. The van der Waals surface area contributed by atoms with Crippen molar-refractivity contribution < 1.29 is 4.79 Å². The molecule has 0 bridgehead atoms. The molecule has 0 aromatic carbocycles. The molecular weight excluding hydrogens is 214 g/mol. The summed E-state index contributed by atoms with van der Waals surface area (Å²) in [5.74, 6) is 0.210. The number of hydrogen-bond donors (Lipinski definition) is 0. The van der Waals surface area contributed by atoms with E-state index in [1.165, 1.54) is 0 Å². The van der Waals surface area contributed by atoms with Crippen LogP contribution in [0, 0.1) is 11.3 Å². The predicted molar refractivity (Wildman–Crippen MR) is 67.3 cm³/mol. The minimum Gasteiger partial charge on any atom is -0.339 e. The van der Waals surface area contributed by atoms with Gasteiger partial charge in [-0.15, -0.1) is 0 Å². The summed E-state index contributed by atoms with van der Waals surface area (Å²) in [6.07, 6.45) is 2.79. The molecule has 17 heavy (non-hydrogen) atoms. The molecule has 0 saturated heterocycles. The van der Waals surface area contributed by atoms with Crippen molar-refractivity contribution in [3.05, 3.63) is 0 Å². The van der Waals surface area contributed by atoms with E-state index in [1.54, 1.807) is 0 Å². The van der Waals surface area contributed by atoms with Gasteiger partial charge in [-0.25, -0.2) is 0 Å². The number of nitriles is 1. The Hall–Kier alpha value is -1.08. The maximum atomic E-state index is 12.1. The maximum Gasteiger partial charge on any atom is 0.236 e. The minimum atomic E-state index is 0.210. The van der Waals surface area contributed by atoms with Crippen molar-refractivity contribution in [2.75, 3.05) is 19.6 Å². The Morgan fingerprint density at radius 3 is 2.53 bits per heavy atom. The molecule has 96 valence electrons. The zero-order valence-corrected chi connectivity index (χ0v) is 11.1. The van der Waals surface area contributed by atoms with Crippen LogP contribution in [0.1, 0.15) is 40.0 Å². The quantitative estimate of drug-likeness (QED) is 0.676. The zero-order chi connectivity index (χ0) is 12.8. The van der Waals surface area contributed by atoms with Crippen molar-refractivity contribution in [1.82, 2.24) is 9.80 Å². The van der Waals surface area contributed by atoms with Gasteiger partial charge >= 0.3 is 0 Å². The van der Waals surface area contributed by atoms with Gasteiger partial charge in [-0.2, -0.15) is 5.26 Å². The van der Waals surface area contributed by atoms with E-state index in [-0.39, 0.29) is 5.91 Å². The second-order valence-corrected chi connectivity index (χ2v) is 4.88. The van der Waals surface area contributed by atoms with Gasteiger partial charge in [-0.05, 0) is 33.6 Å². The van der Waals surface area contributed by atoms with Crippen LogP contribution in [0.15, 0.2) is 0 Å². The summed E-state index contributed by atoms with van der Waals surface area (Å²) in [6, 6.07) is 2.93. The number of amides is 1. The van der Waals surface area contributed by atoms with E-state index in [4.69, 9.17) is 5.26 Å². The molecule has 0 aliphatic heterocycles.